The number of amides is 1. The molecule has 0 radical (unpaired) electrons. The maximum Gasteiger partial charge on any atom is 0.230 e. The van der Waals surface area contributed by atoms with Crippen LogP contribution in [-0.4, -0.2) is 26.1 Å². The van der Waals surface area contributed by atoms with Crippen molar-refractivity contribution in [1.82, 2.24) is 0 Å². The molecule has 0 bridgehead atoms. The standard InChI is InChI=1S/C18H23NO3S/c1-13-7-8-16(11-14(13)2)19(17-9-10-23(21,22)12-17)18(20)15-5-3-4-6-15/h7-11,15,17H,3-6,12H2,1-2H3/t17-/m1/s1. The first-order valence-electron chi connectivity index (χ1n) is 8.19. The molecule has 1 amide bonds. The van der Waals surface area contributed by atoms with Crippen LogP contribution < -0.4 is 4.90 Å². The molecular weight excluding hydrogens is 310 g/mol. The Morgan fingerprint density at radius 3 is 2.39 bits per heavy atom. The van der Waals surface area contributed by atoms with Gasteiger partial charge in [0.05, 0.1) is 11.8 Å². The van der Waals surface area contributed by atoms with Crippen molar-refractivity contribution in [1.29, 1.82) is 0 Å². The predicted molar refractivity (Wildman–Crippen MR) is 92.1 cm³/mol. The Bertz CT molecular complexity index is 746. The number of rotatable bonds is 3. The lowest BCUT2D eigenvalue weighted by molar-refractivity contribution is -0.122. The molecular formula is C18H23NO3S. The molecule has 2 aliphatic rings. The number of aryl methyl sites for hydroxylation is 2. The highest BCUT2D eigenvalue weighted by molar-refractivity contribution is 7.94. The van der Waals surface area contributed by atoms with Gasteiger partial charge in [-0.15, -0.1) is 0 Å². The maximum atomic E-state index is 13.0. The molecule has 1 heterocycles. The third kappa shape index (κ3) is 3.34. The van der Waals surface area contributed by atoms with Gasteiger partial charge in [-0.3, -0.25) is 4.79 Å². The van der Waals surface area contributed by atoms with Gasteiger partial charge in [0.1, 0.15) is 0 Å². The molecule has 0 aromatic heterocycles. The summed E-state index contributed by atoms with van der Waals surface area (Å²) in [5.74, 6) is 0.0732. The lowest BCUT2D eigenvalue weighted by Crippen LogP contribution is -2.44. The number of sulfone groups is 1. The van der Waals surface area contributed by atoms with E-state index in [1.165, 1.54) is 5.41 Å². The molecule has 124 valence electrons. The van der Waals surface area contributed by atoms with Crippen LogP contribution in [-0.2, 0) is 14.6 Å². The van der Waals surface area contributed by atoms with Crippen LogP contribution in [0, 0.1) is 19.8 Å². The Morgan fingerprint density at radius 1 is 1.13 bits per heavy atom. The van der Waals surface area contributed by atoms with Crippen LogP contribution in [0.1, 0.15) is 36.8 Å². The Hall–Kier alpha value is -1.62. The van der Waals surface area contributed by atoms with Gasteiger partial charge in [0.15, 0.2) is 9.84 Å². The van der Waals surface area contributed by atoms with E-state index in [0.717, 1.165) is 42.5 Å². The fourth-order valence-corrected chi connectivity index (χ4v) is 4.72. The minimum absolute atomic E-state index is 0.0155. The van der Waals surface area contributed by atoms with E-state index in [0.29, 0.717) is 0 Å². The topological polar surface area (TPSA) is 54.5 Å². The fourth-order valence-electron chi connectivity index (χ4n) is 3.45. The first kappa shape index (κ1) is 16.2. The van der Waals surface area contributed by atoms with Gasteiger partial charge >= 0.3 is 0 Å². The summed E-state index contributed by atoms with van der Waals surface area (Å²) in [4.78, 5) is 14.7. The highest BCUT2D eigenvalue weighted by Crippen LogP contribution is 2.32. The summed E-state index contributed by atoms with van der Waals surface area (Å²) in [5, 5.41) is 1.24. The largest absolute Gasteiger partial charge is 0.304 e. The van der Waals surface area contributed by atoms with Crippen LogP contribution >= 0.6 is 0 Å². The third-order valence-corrected chi connectivity index (χ3v) is 6.33. The highest BCUT2D eigenvalue weighted by atomic mass is 32.2. The summed E-state index contributed by atoms with van der Waals surface area (Å²) >= 11 is 0. The highest BCUT2D eigenvalue weighted by Gasteiger charge is 2.35. The van der Waals surface area contributed by atoms with Crippen molar-refractivity contribution in [3.05, 3.63) is 40.8 Å². The molecule has 1 aliphatic carbocycles. The van der Waals surface area contributed by atoms with E-state index in [1.54, 1.807) is 11.0 Å². The number of hydrogen-bond acceptors (Lipinski definition) is 3. The van der Waals surface area contributed by atoms with Crippen molar-refractivity contribution < 1.29 is 13.2 Å². The van der Waals surface area contributed by atoms with Crippen LogP contribution in [0.5, 0.6) is 0 Å². The molecule has 1 fully saturated rings. The average molecular weight is 333 g/mol. The Labute approximate surface area is 138 Å². The lowest BCUT2D eigenvalue weighted by atomic mass is 10.0. The van der Waals surface area contributed by atoms with E-state index < -0.39 is 15.9 Å². The van der Waals surface area contributed by atoms with Crippen molar-refractivity contribution in [2.24, 2.45) is 5.92 Å². The number of anilines is 1. The van der Waals surface area contributed by atoms with Crippen LogP contribution in [0.4, 0.5) is 5.69 Å². The zero-order valence-electron chi connectivity index (χ0n) is 13.7. The third-order valence-electron chi connectivity index (χ3n) is 4.95. The van der Waals surface area contributed by atoms with E-state index in [2.05, 4.69) is 0 Å². The van der Waals surface area contributed by atoms with Crippen molar-refractivity contribution in [2.45, 2.75) is 45.6 Å². The first-order valence-corrected chi connectivity index (χ1v) is 9.90. The number of benzene rings is 1. The van der Waals surface area contributed by atoms with E-state index in [9.17, 15) is 13.2 Å². The average Bonchev–Trinajstić information content (AvgIpc) is 3.13. The van der Waals surface area contributed by atoms with Crippen LogP contribution in [0.25, 0.3) is 0 Å². The van der Waals surface area contributed by atoms with Crippen molar-refractivity contribution in [2.75, 3.05) is 10.7 Å². The molecule has 1 aromatic carbocycles. The predicted octanol–water partition coefficient (Wildman–Crippen LogP) is 3.14. The summed E-state index contributed by atoms with van der Waals surface area (Å²) in [6, 6.07) is 5.51. The van der Waals surface area contributed by atoms with Gasteiger partial charge in [-0.1, -0.05) is 18.9 Å². The minimum atomic E-state index is -3.20. The lowest BCUT2D eigenvalue weighted by Gasteiger charge is -2.30. The van der Waals surface area contributed by atoms with Crippen molar-refractivity contribution in [3.8, 4) is 0 Å². The SMILES string of the molecule is Cc1ccc(N(C(=O)C2CCCC2)[C@@H]2C=CS(=O)(=O)C2)cc1C. The van der Waals surface area contributed by atoms with Crippen molar-refractivity contribution in [3.63, 3.8) is 0 Å². The molecule has 1 saturated carbocycles. The van der Waals surface area contributed by atoms with Crippen molar-refractivity contribution >= 4 is 21.4 Å². The summed E-state index contributed by atoms with van der Waals surface area (Å²) in [7, 11) is -3.20. The van der Waals surface area contributed by atoms with Gasteiger partial charge in [-0.2, -0.15) is 0 Å². The molecule has 3 rings (SSSR count). The van der Waals surface area contributed by atoms with E-state index >= 15 is 0 Å². The summed E-state index contributed by atoms with van der Waals surface area (Å²) < 4.78 is 23.6. The summed E-state index contributed by atoms with van der Waals surface area (Å²) in [6.45, 7) is 4.04. The molecule has 1 aromatic rings. The second-order valence-corrected chi connectivity index (χ2v) is 8.61. The second kappa shape index (κ2) is 6.11. The smallest absolute Gasteiger partial charge is 0.230 e. The Balaban J connectivity index is 1.97. The molecule has 5 heteroatoms. The zero-order chi connectivity index (χ0) is 16.6. The number of carbonyl (C=O) groups excluding carboxylic acids is 1. The first-order chi connectivity index (χ1) is 10.9. The summed E-state index contributed by atoms with van der Waals surface area (Å²) in [5.41, 5.74) is 3.07. The van der Waals surface area contributed by atoms with Gasteiger partial charge < -0.3 is 4.90 Å². The van der Waals surface area contributed by atoms with E-state index in [4.69, 9.17) is 0 Å². The molecule has 0 N–H and O–H groups in total. The minimum Gasteiger partial charge on any atom is -0.304 e. The van der Waals surface area contributed by atoms with Crippen LogP contribution in [0.3, 0.4) is 0 Å². The number of carbonyl (C=O) groups is 1. The van der Waals surface area contributed by atoms with Gasteiger partial charge in [-0.25, -0.2) is 8.42 Å². The molecule has 23 heavy (non-hydrogen) atoms. The normalized spacial score (nSPS) is 23.3. The number of hydrogen-bond donors (Lipinski definition) is 0. The molecule has 0 spiro atoms. The quantitative estimate of drug-likeness (QED) is 0.854. The molecule has 1 atom stereocenters. The Morgan fingerprint density at radius 2 is 1.83 bits per heavy atom. The fraction of sp³-hybridized carbons (Fsp3) is 0.500. The number of nitrogens with zero attached hydrogens (tertiary/aromatic N) is 1. The molecule has 0 unspecified atom stereocenters. The zero-order valence-corrected chi connectivity index (χ0v) is 14.5. The molecule has 0 saturated heterocycles. The van der Waals surface area contributed by atoms with Gasteiger partial charge in [-0.05, 0) is 56.0 Å². The van der Waals surface area contributed by atoms with Gasteiger partial charge in [0.2, 0.25) is 5.91 Å². The Kier molecular flexibility index (Phi) is 4.32. The van der Waals surface area contributed by atoms with Crippen LogP contribution in [0.2, 0.25) is 0 Å². The van der Waals surface area contributed by atoms with E-state index in [1.807, 2.05) is 32.0 Å². The van der Waals surface area contributed by atoms with E-state index in [-0.39, 0.29) is 17.6 Å². The summed E-state index contributed by atoms with van der Waals surface area (Å²) in [6.07, 6.45) is 5.62. The molecule has 4 nitrogen and oxygen atoms in total. The van der Waals surface area contributed by atoms with Crippen LogP contribution in [0.15, 0.2) is 29.7 Å². The monoisotopic (exact) mass is 333 g/mol. The van der Waals surface area contributed by atoms with Gasteiger partial charge in [0.25, 0.3) is 0 Å². The second-order valence-electron chi connectivity index (χ2n) is 6.68. The van der Waals surface area contributed by atoms with Gasteiger partial charge in [0, 0.05) is 17.0 Å². The molecule has 1 aliphatic heterocycles. The maximum absolute atomic E-state index is 13.0.